The van der Waals surface area contributed by atoms with Gasteiger partial charge in [-0.25, -0.2) is 0 Å². The zero-order chi connectivity index (χ0) is 23.4. The van der Waals surface area contributed by atoms with Crippen LogP contribution < -0.4 is 0 Å². The van der Waals surface area contributed by atoms with Crippen LogP contribution in [0.25, 0.3) is 5.57 Å². The number of benzene rings is 1. The lowest BCUT2D eigenvalue weighted by atomic mass is 9.67. The zero-order valence-electron chi connectivity index (χ0n) is 19.3. The number of nitrogens with zero attached hydrogens (tertiary/aromatic N) is 1. The summed E-state index contributed by atoms with van der Waals surface area (Å²) in [4.78, 5) is 2.06. The predicted octanol–water partition coefficient (Wildman–Crippen LogP) is 7.77. The van der Waals surface area contributed by atoms with Crippen molar-refractivity contribution in [2.75, 3.05) is 19.6 Å². The number of likely N-dealkylation sites (tertiary alicyclic amines) is 1. The summed E-state index contributed by atoms with van der Waals surface area (Å²) in [5, 5.41) is 0. The second-order valence-corrected chi connectivity index (χ2v) is 9.75. The van der Waals surface area contributed by atoms with Gasteiger partial charge in [0.25, 0.3) is 0 Å². The van der Waals surface area contributed by atoms with Crippen molar-refractivity contribution in [3.8, 4) is 0 Å². The number of alkyl halides is 3. The molecular weight excluding hydrogens is 407 g/mol. The molecule has 0 amide bonds. The average Bonchev–Trinajstić information content (AvgIpc) is 2.73. The van der Waals surface area contributed by atoms with Crippen LogP contribution in [0.2, 0.25) is 0 Å². The van der Waals surface area contributed by atoms with E-state index in [1.165, 1.54) is 5.56 Å². The van der Waals surface area contributed by atoms with Gasteiger partial charge in [0, 0.05) is 6.54 Å². The Balaban J connectivity index is 1.42. The molecule has 1 saturated carbocycles. The van der Waals surface area contributed by atoms with Crippen molar-refractivity contribution >= 4 is 5.57 Å². The molecule has 32 heavy (non-hydrogen) atoms. The molecule has 4 heteroatoms. The summed E-state index contributed by atoms with van der Waals surface area (Å²) in [6.07, 6.45) is 5.26. The number of halogens is 3. The fourth-order valence-electron chi connectivity index (χ4n) is 4.69. The zero-order valence-corrected chi connectivity index (χ0v) is 19.3. The van der Waals surface area contributed by atoms with Gasteiger partial charge in [-0.1, -0.05) is 68.1 Å². The Morgan fingerprint density at radius 2 is 1.69 bits per heavy atom. The Morgan fingerprint density at radius 1 is 1.06 bits per heavy atom. The van der Waals surface area contributed by atoms with Gasteiger partial charge >= 0.3 is 6.18 Å². The molecule has 2 fully saturated rings. The lowest BCUT2D eigenvalue weighted by molar-refractivity contribution is -0.256. The number of hydrogen-bond acceptors (Lipinski definition) is 1. The fourth-order valence-corrected chi connectivity index (χ4v) is 4.69. The Labute approximate surface area is 191 Å². The van der Waals surface area contributed by atoms with Crippen LogP contribution in [0.1, 0.15) is 56.6 Å². The first-order chi connectivity index (χ1) is 15.1. The van der Waals surface area contributed by atoms with E-state index in [0.717, 1.165) is 61.1 Å². The standard InChI is InChI=1S/C28H36F3N/c1-21(2)22(3)6-7-23(4)26-12-10-24(11-13-26)8-9-25-14-18-32(19-15-25)20-27(16-5-17-27)28(29,30)31/h6-7,10-13,25H,1,3-5,8-9,14-20H2,2H3/b7-6-. The average molecular weight is 444 g/mol. The number of hydrogen-bond donors (Lipinski definition) is 0. The van der Waals surface area contributed by atoms with Crippen molar-refractivity contribution in [1.29, 1.82) is 0 Å². The van der Waals surface area contributed by atoms with E-state index in [2.05, 4.69) is 48.9 Å². The van der Waals surface area contributed by atoms with Crippen LogP contribution in [-0.2, 0) is 6.42 Å². The van der Waals surface area contributed by atoms with Crippen molar-refractivity contribution < 1.29 is 13.2 Å². The van der Waals surface area contributed by atoms with Gasteiger partial charge in [-0.05, 0) is 86.7 Å². The Kier molecular flexibility index (Phi) is 7.87. The molecular formula is C28H36F3N. The quantitative estimate of drug-likeness (QED) is 0.352. The Hall–Kier alpha value is -2.07. The monoisotopic (exact) mass is 443 g/mol. The summed E-state index contributed by atoms with van der Waals surface area (Å²) in [7, 11) is 0. The van der Waals surface area contributed by atoms with Gasteiger partial charge in [0.15, 0.2) is 0 Å². The number of piperidine rings is 1. The highest BCUT2D eigenvalue weighted by atomic mass is 19.4. The van der Waals surface area contributed by atoms with E-state index in [1.54, 1.807) is 0 Å². The number of aryl methyl sites for hydroxylation is 1. The maximum atomic E-state index is 13.4. The fraction of sp³-hybridized carbons (Fsp3) is 0.500. The molecule has 1 aromatic rings. The summed E-state index contributed by atoms with van der Waals surface area (Å²) in [6.45, 7) is 15.7. The highest BCUT2D eigenvalue weighted by Crippen LogP contribution is 2.53. The molecule has 0 aromatic heterocycles. The smallest absolute Gasteiger partial charge is 0.302 e. The van der Waals surface area contributed by atoms with Gasteiger partial charge in [-0.3, -0.25) is 0 Å². The summed E-state index contributed by atoms with van der Waals surface area (Å²) in [5.74, 6) is 0.597. The largest absolute Gasteiger partial charge is 0.395 e. The topological polar surface area (TPSA) is 3.24 Å². The van der Waals surface area contributed by atoms with Crippen LogP contribution in [0, 0.1) is 11.3 Å². The molecule has 0 atom stereocenters. The summed E-state index contributed by atoms with van der Waals surface area (Å²) >= 11 is 0. The van der Waals surface area contributed by atoms with Gasteiger partial charge in [-0.15, -0.1) is 0 Å². The van der Waals surface area contributed by atoms with E-state index < -0.39 is 11.6 Å². The number of rotatable bonds is 9. The first kappa shape index (κ1) is 24.6. The predicted molar refractivity (Wildman–Crippen MR) is 128 cm³/mol. The normalized spacial score (nSPS) is 19.6. The highest BCUT2D eigenvalue weighted by molar-refractivity contribution is 5.72. The third-order valence-electron chi connectivity index (χ3n) is 7.35. The third kappa shape index (κ3) is 6.04. The lowest BCUT2D eigenvalue weighted by Gasteiger charge is -2.47. The van der Waals surface area contributed by atoms with Gasteiger partial charge in [-0.2, -0.15) is 13.2 Å². The van der Waals surface area contributed by atoms with Crippen molar-refractivity contribution in [3.63, 3.8) is 0 Å². The molecule has 1 heterocycles. The molecule has 1 aromatic carbocycles. The maximum Gasteiger partial charge on any atom is 0.395 e. The van der Waals surface area contributed by atoms with Gasteiger partial charge in [0.2, 0.25) is 0 Å². The molecule has 0 N–H and O–H groups in total. The third-order valence-corrected chi connectivity index (χ3v) is 7.35. The van der Waals surface area contributed by atoms with E-state index in [1.807, 2.05) is 19.1 Å². The van der Waals surface area contributed by atoms with E-state index in [-0.39, 0.29) is 6.54 Å². The molecule has 0 unspecified atom stereocenters. The van der Waals surface area contributed by atoms with Crippen molar-refractivity contribution in [1.82, 2.24) is 4.90 Å². The molecule has 0 bridgehead atoms. The molecule has 174 valence electrons. The molecule has 3 rings (SSSR count). The maximum absolute atomic E-state index is 13.4. The molecule has 0 radical (unpaired) electrons. The van der Waals surface area contributed by atoms with Crippen LogP contribution in [-0.4, -0.2) is 30.7 Å². The van der Waals surface area contributed by atoms with Crippen LogP contribution in [0.5, 0.6) is 0 Å². The minimum Gasteiger partial charge on any atom is -0.302 e. The van der Waals surface area contributed by atoms with E-state index in [4.69, 9.17) is 0 Å². The second kappa shape index (κ2) is 10.2. The Bertz CT molecular complexity index is 848. The Morgan fingerprint density at radius 3 is 2.19 bits per heavy atom. The van der Waals surface area contributed by atoms with Crippen molar-refractivity contribution in [2.24, 2.45) is 11.3 Å². The SMILES string of the molecule is C=C(C)C(=C)/C=C\C(=C)c1ccc(CCC2CCN(CC3(C(F)(F)F)CCC3)CC2)cc1. The summed E-state index contributed by atoms with van der Waals surface area (Å²) in [5.41, 5.74) is 3.73. The minimum absolute atomic E-state index is 0.197. The summed E-state index contributed by atoms with van der Waals surface area (Å²) in [6, 6.07) is 8.51. The van der Waals surface area contributed by atoms with Crippen molar-refractivity contribution in [3.05, 3.63) is 78.4 Å². The highest BCUT2D eigenvalue weighted by Gasteiger charge is 2.58. The van der Waals surface area contributed by atoms with Crippen LogP contribution in [0.15, 0.2) is 67.3 Å². The van der Waals surface area contributed by atoms with E-state index >= 15 is 0 Å². The second-order valence-electron chi connectivity index (χ2n) is 9.75. The van der Waals surface area contributed by atoms with Crippen molar-refractivity contribution in [2.45, 2.75) is 58.0 Å². The van der Waals surface area contributed by atoms with Crippen LogP contribution in [0.4, 0.5) is 13.2 Å². The molecule has 1 saturated heterocycles. The van der Waals surface area contributed by atoms with E-state index in [0.29, 0.717) is 25.2 Å². The molecule has 0 spiro atoms. The first-order valence-corrected chi connectivity index (χ1v) is 11.7. The number of allylic oxidation sites excluding steroid dienone is 5. The molecule has 1 aliphatic heterocycles. The molecule has 1 nitrogen and oxygen atoms in total. The lowest BCUT2D eigenvalue weighted by Crippen LogP contribution is -2.53. The summed E-state index contributed by atoms with van der Waals surface area (Å²) < 4.78 is 40.3. The molecule has 1 aliphatic carbocycles. The van der Waals surface area contributed by atoms with Gasteiger partial charge in [0.1, 0.15) is 0 Å². The van der Waals surface area contributed by atoms with Gasteiger partial charge in [0.05, 0.1) is 5.41 Å². The molecule has 2 aliphatic rings. The first-order valence-electron chi connectivity index (χ1n) is 11.7. The van der Waals surface area contributed by atoms with Crippen LogP contribution in [0.3, 0.4) is 0 Å². The van der Waals surface area contributed by atoms with E-state index in [9.17, 15) is 13.2 Å². The minimum atomic E-state index is -4.06. The van der Waals surface area contributed by atoms with Crippen LogP contribution >= 0.6 is 0 Å². The van der Waals surface area contributed by atoms with Gasteiger partial charge < -0.3 is 4.90 Å².